The zero-order chi connectivity index (χ0) is 20.2. The van der Waals surface area contributed by atoms with E-state index >= 15 is 0 Å². The van der Waals surface area contributed by atoms with Gasteiger partial charge in [-0.1, -0.05) is 30.3 Å². The van der Waals surface area contributed by atoms with E-state index in [1.165, 1.54) is 26.2 Å². The molecule has 1 heterocycles. The van der Waals surface area contributed by atoms with Crippen LogP contribution in [0.25, 0.3) is 0 Å². The largest absolute Gasteiger partial charge is 0.468 e. The SMILES string of the molecule is COC(=O)C(C[C@@H]1[C@H](c2ccccc2)CC(C)(C)ON1C(C)=O)C(=O)OC. The summed E-state index contributed by atoms with van der Waals surface area (Å²) in [4.78, 5) is 42.5. The highest BCUT2D eigenvalue weighted by molar-refractivity contribution is 5.94. The quantitative estimate of drug-likeness (QED) is 0.579. The standard InChI is InChI=1S/C20H27NO6/c1-13(22)21-17(11-15(18(23)25-4)19(24)26-5)16(12-20(2,3)27-21)14-9-7-6-8-10-14/h6-10,15-17H,11-12H2,1-5H3/t16-,17+/m0/s1. The molecule has 1 aromatic carbocycles. The predicted octanol–water partition coefficient (Wildman–Crippen LogP) is 2.45. The van der Waals surface area contributed by atoms with Crippen LogP contribution in [0, 0.1) is 5.92 Å². The van der Waals surface area contributed by atoms with E-state index in [1.807, 2.05) is 44.2 Å². The fourth-order valence-corrected chi connectivity index (χ4v) is 3.61. The van der Waals surface area contributed by atoms with E-state index in [0.717, 1.165) is 5.56 Å². The number of esters is 2. The molecule has 7 heteroatoms. The molecule has 1 fully saturated rings. The number of ether oxygens (including phenoxy) is 2. The zero-order valence-corrected chi connectivity index (χ0v) is 16.4. The third kappa shape index (κ3) is 4.86. The lowest BCUT2D eigenvalue weighted by atomic mass is 9.78. The van der Waals surface area contributed by atoms with Crippen LogP contribution in [0.1, 0.15) is 45.1 Å². The van der Waals surface area contributed by atoms with E-state index in [9.17, 15) is 14.4 Å². The minimum atomic E-state index is -1.14. The minimum absolute atomic E-state index is 0.0502. The summed E-state index contributed by atoms with van der Waals surface area (Å²) in [5.74, 6) is -2.93. The van der Waals surface area contributed by atoms with E-state index in [-0.39, 0.29) is 18.2 Å². The van der Waals surface area contributed by atoms with Crippen LogP contribution in [-0.4, -0.2) is 48.8 Å². The first-order valence-corrected chi connectivity index (χ1v) is 8.89. The summed E-state index contributed by atoms with van der Waals surface area (Å²) in [6.45, 7) is 5.22. The second kappa shape index (κ2) is 8.52. The van der Waals surface area contributed by atoms with E-state index < -0.39 is 29.5 Å². The molecule has 1 aromatic rings. The molecule has 148 valence electrons. The molecular formula is C20H27NO6. The lowest BCUT2D eigenvalue weighted by molar-refractivity contribution is -0.276. The average molecular weight is 377 g/mol. The van der Waals surface area contributed by atoms with Crippen LogP contribution in [-0.2, 0) is 28.7 Å². The van der Waals surface area contributed by atoms with E-state index in [2.05, 4.69) is 0 Å². The fraction of sp³-hybridized carbons (Fsp3) is 0.550. The first kappa shape index (κ1) is 20.9. The Bertz CT molecular complexity index is 671. The van der Waals surface area contributed by atoms with Crippen molar-refractivity contribution < 1.29 is 28.7 Å². The van der Waals surface area contributed by atoms with Crippen molar-refractivity contribution >= 4 is 17.8 Å². The summed E-state index contributed by atoms with van der Waals surface area (Å²) in [7, 11) is 2.44. The molecule has 0 N–H and O–H groups in total. The number of hydrogen-bond acceptors (Lipinski definition) is 6. The summed E-state index contributed by atoms with van der Waals surface area (Å²) >= 11 is 0. The molecule has 0 spiro atoms. The molecule has 2 atom stereocenters. The van der Waals surface area contributed by atoms with Gasteiger partial charge >= 0.3 is 11.9 Å². The number of carbonyl (C=O) groups excluding carboxylic acids is 3. The van der Waals surface area contributed by atoms with Crippen LogP contribution >= 0.6 is 0 Å². The van der Waals surface area contributed by atoms with Crippen LogP contribution in [0.3, 0.4) is 0 Å². The summed E-state index contributed by atoms with van der Waals surface area (Å²) in [6.07, 6.45) is 0.676. The minimum Gasteiger partial charge on any atom is -0.468 e. The van der Waals surface area contributed by atoms with E-state index in [1.54, 1.807) is 0 Å². The van der Waals surface area contributed by atoms with Gasteiger partial charge < -0.3 is 9.47 Å². The van der Waals surface area contributed by atoms with Gasteiger partial charge in [0.15, 0.2) is 5.92 Å². The van der Waals surface area contributed by atoms with Gasteiger partial charge in [0.2, 0.25) is 5.91 Å². The van der Waals surface area contributed by atoms with Crippen LogP contribution in [0.2, 0.25) is 0 Å². The van der Waals surface area contributed by atoms with Crippen molar-refractivity contribution in [3.05, 3.63) is 35.9 Å². The van der Waals surface area contributed by atoms with Crippen molar-refractivity contribution in [3.8, 4) is 0 Å². The summed E-state index contributed by atoms with van der Waals surface area (Å²) in [6, 6.07) is 9.19. The topological polar surface area (TPSA) is 82.1 Å². The number of rotatable bonds is 5. The molecule has 2 rings (SSSR count). The molecule has 0 unspecified atom stereocenters. The Morgan fingerprint density at radius 3 is 2.19 bits per heavy atom. The highest BCUT2D eigenvalue weighted by atomic mass is 16.7. The van der Waals surface area contributed by atoms with Gasteiger partial charge in [0.1, 0.15) is 0 Å². The number of benzene rings is 1. The van der Waals surface area contributed by atoms with Crippen LogP contribution in [0.5, 0.6) is 0 Å². The molecule has 1 aliphatic rings. The monoisotopic (exact) mass is 377 g/mol. The Balaban J connectivity index is 2.45. The van der Waals surface area contributed by atoms with Gasteiger partial charge in [-0.25, -0.2) is 5.06 Å². The molecular weight excluding hydrogens is 350 g/mol. The number of methoxy groups -OCH3 is 2. The van der Waals surface area contributed by atoms with Crippen molar-refractivity contribution in [3.63, 3.8) is 0 Å². The predicted molar refractivity (Wildman–Crippen MR) is 97.4 cm³/mol. The summed E-state index contributed by atoms with van der Waals surface area (Å²) in [5, 5.41) is 1.29. The Hall–Kier alpha value is -2.41. The average Bonchev–Trinajstić information content (AvgIpc) is 2.65. The Morgan fingerprint density at radius 1 is 1.15 bits per heavy atom. The third-order valence-corrected chi connectivity index (χ3v) is 4.81. The van der Waals surface area contributed by atoms with Gasteiger partial charge in [0.05, 0.1) is 25.9 Å². The number of hydrogen-bond donors (Lipinski definition) is 0. The highest BCUT2D eigenvalue weighted by Crippen LogP contribution is 2.41. The van der Waals surface area contributed by atoms with Gasteiger partial charge in [-0.05, 0) is 32.3 Å². The van der Waals surface area contributed by atoms with Gasteiger partial charge in [-0.3, -0.25) is 19.2 Å². The second-order valence-corrected chi connectivity index (χ2v) is 7.32. The normalized spacial score (nSPS) is 21.6. The lowest BCUT2D eigenvalue weighted by Gasteiger charge is -2.47. The maximum Gasteiger partial charge on any atom is 0.320 e. The molecule has 1 amide bonds. The number of hydroxylamine groups is 2. The Morgan fingerprint density at radius 2 is 1.70 bits per heavy atom. The van der Waals surface area contributed by atoms with Crippen molar-refractivity contribution in [1.29, 1.82) is 0 Å². The Kier molecular flexibility index (Phi) is 6.59. The van der Waals surface area contributed by atoms with Crippen LogP contribution in [0.15, 0.2) is 30.3 Å². The summed E-state index contributed by atoms with van der Waals surface area (Å²) in [5.41, 5.74) is 0.438. The lowest BCUT2D eigenvalue weighted by Crippen LogP contribution is -2.55. The first-order chi connectivity index (χ1) is 12.7. The molecule has 0 aromatic heterocycles. The maximum absolute atomic E-state index is 12.3. The van der Waals surface area contributed by atoms with Crippen molar-refractivity contribution in [1.82, 2.24) is 5.06 Å². The van der Waals surface area contributed by atoms with Gasteiger partial charge in [0, 0.05) is 12.8 Å². The van der Waals surface area contributed by atoms with Crippen molar-refractivity contribution in [2.24, 2.45) is 5.92 Å². The molecule has 27 heavy (non-hydrogen) atoms. The highest BCUT2D eigenvalue weighted by Gasteiger charge is 2.46. The molecule has 0 aliphatic carbocycles. The Labute approximate surface area is 159 Å². The van der Waals surface area contributed by atoms with E-state index in [4.69, 9.17) is 14.3 Å². The van der Waals surface area contributed by atoms with Crippen LogP contribution in [0.4, 0.5) is 0 Å². The third-order valence-electron chi connectivity index (χ3n) is 4.81. The van der Waals surface area contributed by atoms with Crippen molar-refractivity contribution in [2.75, 3.05) is 14.2 Å². The number of nitrogens with zero attached hydrogens (tertiary/aromatic N) is 1. The molecule has 7 nitrogen and oxygen atoms in total. The fourth-order valence-electron chi connectivity index (χ4n) is 3.61. The molecule has 1 aliphatic heterocycles. The van der Waals surface area contributed by atoms with Gasteiger partial charge in [-0.15, -0.1) is 0 Å². The molecule has 0 saturated carbocycles. The first-order valence-electron chi connectivity index (χ1n) is 8.89. The van der Waals surface area contributed by atoms with E-state index in [0.29, 0.717) is 6.42 Å². The van der Waals surface area contributed by atoms with Gasteiger partial charge in [0.25, 0.3) is 0 Å². The smallest absolute Gasteiger partial charge is 0.320 e. The molecule has 0 bridgehead atoms. The van der Waals surface area contributed by atoms with Crippen molar-refractivity contribution in [2.45, 2.75) is 51.2 Å². The van der Waals surface area contributed by atoms with Crippen LogP contribution < -0.4 is 0 Å². The number of amides is 1. The van der Waals surface area contributed by atoms with Gasteiger partial charge in [-0.2, -0.15) is 0 Å². The molecule has 0 radical (unpaired) electrons. The second-order valence-electron chi connectivity index (χ2n) is 7.32. The maximum atomic E-state index is 12.3. The number of carbonyl (C=O) groups is 3. The summed E-state index contributed by atoms with van der Waals surface area (Å²) < 4.78 is 9.54. The zero-order valence-electron chi connectivity index (χ0n) is 16.4. The molecule has 1 saturated heterocycles.